The molecule has 10 heavy (non-hydrogen) atoms. The SMILES string of the molecule is C1CSCC2OCC2CO1. The van der Waals surface area contributed by atoms with E-state index >= 15 is 0 Å². The Hall–Kier alpha value is 0.270. The number of hydrogen-bond donors (Lipinski definition) is 0. The van der Waals surface area contributed by atoms with Crippen LogP contribution in [-0.4, -0.2) is 37.4 Å². The summed E-state index contributed by atoms with van der Waals surface area (Å²) in [6.45, 7) is 2.77. The Morgan fingerprint density at radius 3 is 3.10 bits per heavy atom. The highest BCUT2D eigenvalue weighted by Crippen LogP contribution is 2.25. The fourth-order valence-corrected chi connectivity index (χ4v) is 2.26. The lowest BCUT2D eigenvalue weighted by atomic mass is 10.0. The zero-order valence-electron chi connectivity index (χ0n) is 5.91. The molecule has 2 rings (SSSR count). The third-order valence-corrected chi connectivity index (χ3v) is 3.06. The second-order valence-corrected chi connectivity index (χ2v) is 3.93. The van der Waals surface area contributed by atoms with E-state index in [1.807, 2.05) is 11.8 Å². The monoisotopic (exact) mass is 160 g/mol. The van der Waals surface area contributed by atoms with E-state index in [-0.39, 0.29) is 0 Å². The van der Waals surface area contributed by atoms with Gasteiger partial charge in [0.25, 0.3) is 0 Å². The first-order valence-corrected chi connectivity index (χ1v) is 4.89. The van der Waals surface area contributed by atoms with Gasteiger partial charge in [-0.25, -0.2) is 0 Å². The van der Waals surface area contributed by atoms with Crippen molar-refractivity contribution in [2.24, 2.45) is 5.92 Å². The first-order valence-electron chi connectivity index (χ1n) is 3.74. The normalized spacial score (nSPS) is 40.8. The predicted octanol–water partition coefficient (Wildman–Crippen LogP) is 0.765. The minimum Gasteiger partial charge on any atom is -0.380 e. The summed E-state index contributed by atoms with van der Waals surface area (Å²) in [7, 11) is 0. The van der Waals surface area contributed by atoms with Crippen molar-refractivity contribution in [2.45, 2.75) is 6.10 Å². The maximum atomic E-state index is 5.41. The van der Waals surface area contributed by atoms with Crippen molar-refractivity contribution in [1.29, 1.82) is 0 Å². The minimum atomic E-state index is 0.505. The second kappa shape index (κ2) is 3.11. The molecule has 2 aliphatic rings. The van der Waals surface area contributed by atoms with Gasteiger partial charge < -0.3 is 9.47 Å². The molecule has 2 atom stereocenters. The van der Waals surface area contributed by atoms with Crippen LogP contribution in [0.1, 0.15) is 0 Å². The topological polar surface area (TPSA) is 18.5 Å². The van der Waals surface area contributed by atoms with Crippen molar-refractivity contribution >= 4 is 11.8 Å². The molecule has 58 valence electrons. The molecule has 0 aliphatic carbocycles. The molecule has 0 radical (unpaired) electrons. The van der Waals surface area contributed by atoms with Crippen LogP contribution in [-0.2, 0) is 9.47 Å². The van der Waals surface area contributed by atoms with Crippen LogP contribution < -0.4 is 0 Å². The smallest absolute Gasteiger partial charge is 0.0737 e. The van der Waals surface area contributed by atoms with Crippen LogP contribution in [0.25, 0.3) is 0 Å². The van der Waals surface area contributed by atoms with Crippen LogP contribution >= 0.6 is 11.8 Å². The fraction of sp³-hybridized carbons (Fsp3) is 1.00. The van der Waals surface area contributed by atoms with Crippen molar-refractivity contribution in [1.82, 2.24) is 0 Å². The van der Waals surface area contributed by atoms with Crippen molar-refractivity contribution in [3.05, 3.63) is 0 Å². The van der Waals surface area contributed by atoms with Gasteiger partial charge in [-0.05, 0) is 0 Å². The molecule has 0 bridgehead atoms. The molecular weight excluding hydrogens is 148 g/mol. The van der Waals surface area contributed by atoms with E-state index in [1.54, 1.807) is 0 Å². The van der Waals surface area contributed by atoms with E-state index in [2.05, 4.69) is 0 Å². The van der Waals surface area contributed by atoms with Crippen LogP contribution in [0.15, 0.2) is 0 Å². The molecule has 3 heteroatoms. The molecule has 0 spiro atoms. The molecule has 2 nitrogen and oxygen atoms in total. The van der Waals surface area contributed by atoms with Crippen LogP contribution in [0.3, 0.4) is 0 Å². The summed E-state index contributed by atoms with van der Waals surface area (Å²) in [5.41, 5.74) is 0. The van der Waals surface area contributed by atoms with E-state index in [9.17, 15) is 0 Å². The van der Waals surface area contributed by atoms with Crippen molar-refractivity contribution in [3.63, 3.8) is 0 Å². The van der Waals surface area contributed by atoms with Gasteiger partial charge in [0.15, 0.2) is 0 Å². The Balaban J connectivity index is 1.83. The maximum Gasteiger partial charge on any atom is 0.0737 e. The lowest BCUT2D eigenvalue weighted by molar-refractivity contribution is -0.128. The first-order chi connectivity index (χ1) is 4.97. The number of fused-ring (bicyclic) bond motifs is 1. The van der Waals surface area contributed by atoms with E-state index in [0.717, 1.165) is 25.6 Å². The standard InChI is InChI=1S/C7H12O2S/c1-2-10-5-7-6(3-8-1)4-9-7/h6-7H,1-5H2. The van der Waals surface area contributed by atoms with Gasteiger partial charge in [-0.2, -0.15) is 11.8 Å². The average Bonchev–Trinajstić information content (AvgIpc) is 1.89. The van der Waals surface area contributed by atoms with Crippen LogP contribution in [0.5, 0.6) is 0 Å². The predicted molar refractivity (Wildman–Crippen MR) is 41.4 cm³/mol. The van der Waals surface area contributed by atoms with Gasteiger partial charge in [0, 0.05) is 17.4 Å². The van der Waals surface area contributed by atoms with Crippen molar-refractivity contribution < 1.29 is 9.47 Å². The molecule has 2 heterocycles. The summed E-state index contributed by atoms with van der Waals surface area (Å²) in [5.74, 6) is 3.01. The lowest BCUT2D eigenvalue weighted by Gasteiger charge is -2.37. The zero-order valence-corrected chi connectivity index (χ0v) is 6.73. The van der Waals surface area contributed by atoms with Gasteiger partial charge in [0.05, 0.1) is 25.9 Å². The molecule has 2 fully saturated rings. The second-order valence-electron chi connectivity index (χ2n) is 2.78. The molecule has 0 N–H and O–H groups in total. The summed E-state index contributed by atoms with van der Waals surface area (Å²) in [6.07, 6.45) is 0.505. The quantitative estimate of drug-likeness (QED) is 0.521. The Bertz CT molecular complexity index is 104. The van der Waals surface area contributed by atoms with E-state index in [1.165, 1.54) is 5.75 Å². The molecule has 2 unspecified atom stereocenters. The minimum absolute atomic E-state index is 0.505. The molecule has 0 amide bonds. The summed E-state index contributed by atoms with van der Waals surface area (Å²) >= 11 is 1.94. The van der Waals surface area contributed by atoms with Crippen LogP contribution in [0.4, 0.5) is 0 Å². The van der Waals surface area contributed by atoms with E-state index < -0.39 is 0 Å². The largest absolute Gasteiger partial charge is 0.380 e. The van der Waals surface area contributed by atoms with Gasteiger partial charge in [0.2, 0.25) is 0 Å². The molecule has 0 saturated carbocycles. The molecule has 2 saturated heterocycles. The van der Waals surface area contributed by atoms with Gasteiger partial charge in [0.1, 0.15) is 0 Å². The number of rotatable bonds is 0. The zero-order chi connectivity index (χ0) is 6.81. The number of thioether (sulfide) groups is 1. The number of hydrogen-bond acceptors (Lipinski definition) is 3. The summed E-state index contributed by atoms with van der Waals surface area (Å²) in [4.78, 5) is 0. The van der Waals surface area contributed by atoms with Crippen molar-refractivity contribution in [3.8, 4) is 0 Å². The molecular formula is C7H12O2S. The summed E-state index contributed by atoms with van der Waals surface area (Å²) < 4.78 is 10.8. The Morgan fingerprint density at radius 2 is 2.30 bits per heavy atom. The van der Waals surface area contributed by atoms with E-state index in [0.29, 0.717) is 12.0 Å². The third kappa shape index (κ3) is 1.31. The molecule has 2 aliphatic heterocycles. The third-order valence-electron chi connectivity index (χ3n) is 2.04. The molecule has 0 aromatic rings. The average molecular weight is 160 g/mol. The Kier molecular flexibility index (Phi) is 2.16. The summed E-state index contributed by atoms with van der Waals surface area (Å²) in [6, 6.07) is 0. The van der Waals surface area contributed by atoms with Crippen LogP contribution in [0.2, 0.25) is 0 Å². The first kappa shape index (κ1) is 6.95. The maximum absolute atomic E-state index is 5.41. The van der Waals surface area contributed by atoms with Gasteiger partial charge in [-0.15, -0.1) is 0 Å². The fourth-order valence-electron chi connectivity index (χ4n) is 1.26. The van der Waals surface area contributed by atoms with E-state index in [4.69, 9.17) is 9.47 Å². The van der Waals surface area contributed by atoms with Gasteiger partial charge >= 0.3 is 0 Å². The highest BCUT2D eigenvalue weighted by Gasteiger charge is 2.32. The Labute approximate surface area is 65.3 Å². The highest BCUT2D eigenvalue weighted by atomic mass is 32.2. The molecule has 0 aromatic carbocycles. The molecule has 0 aromatic heterocycles. The highest BCUT2D eigenvalue weighted by molar-refractivity contribution is 7.99. The lowest BCUT2D eigenvalue weighted by Crippen LogP contribution is -2.45. The van der Waals surface area contributed by atoms with Crippen LogP contribution in [0, 0.1) is 5.92 Å². The van der Waals surface area contributed by atoms with Gasteiger partial charge in [-0.1, -0.05) is 0 Å². The Morgan fingerprint density at radius 1 is 1.30 bits per heavy atom. The van der Waals surface area contributed by atoms with Crippen molar-refractivity contribution in [2.75, 3.05) is 31.3 Å². The number of ether oxygens (including phenoxy) is 2. The summed E-state index contributed by atoms with van der Waals surface area (Å²) in [5, 5.41) is 0. The van der Waals surface area contributed by atoms with Gasteiger partial charge in [-0.3, -0.25) is 0 Å².